The van der Waals surface area contributed by atoms with Crippen molar-refractivity contribution in [1.82, 2.24) is 9.55 Å². The summed E-state index contributed by atoms with van der Waals surface area (Å²) in [5.74, 6) is 0.834. The molecule has 0 saturated carbocycles. The van der Waals surface area contributed by atoms with Gasteiger partial charge in [0, 0.05) is 17.4 Å². The first-order valence-electron chi connectivity index (χ1n) is 10.3. The second-order valence-electron chi connectivity index (χ2n) is 8.01. The number of rotatable bonds is 4. The molecule has 0 radical (unpaired) electrons. The number of aryl methyl sites for hydroxylation is 4. The molecular weight excluding hydrogens is 392 g/mol. The highest BCUT2D eigenvalue weighted by atomic mass is 16.5. The Hall–Kier alpha value is -3.61. The molecule has 1 amide bonds. The first-order chi connectivity index (χ1) is 14.8. The van der Waals surface area contributed by atoms with Crippen LogP contribution in [0.1, 0.15) is 22.4 Å². The Bertz CT molecular complexity index is 1200. The maximum atomic E-state index is 13.2. The van der Waals surface area contributed by atoms with Gasteiger partial charge in [-0.25, -0.2) is 4.98 Å². The lowest BCUT2D eigenvalue weighted by Crippen LogP contribution is -2.41. The number of amides is 1. The van der Waals surface area contributed by atoms with Crippen LogP contribution in [0, 0.1) is 27.7 Å². The monoisotopic (exact) mass is 418 g/mol. The van der Waals surface area contributed by atoms with E-state index in [9.17, 15) is 9.59 Å². The van der Waals surface area contributed by atoms with Gasteiger partial charge in [0.25, 0.3) is 5.56 Å². The van der Waals surface area contributed by atoms with Crippen molar-refractivity contribution >= 4 is 23.2 Å². The normalized spacial score (nSPS) is 12.8. The van der Waals surface area contributed by atoms with Crippen LogP contribution in [0.25, 0.3) is 0 Å². The second-order valence-corrected chi connectivity index (χ2v) is 8.01. The molecule has 2 heterocycles. The zero-order valence-electron chi connectivity index (χ0n) is 18.2. The van der Waals surface area contributed by atoms with Crippen molar-refractivity contribution < 1.29 is 9.53 Å². The summed E-state index contributed by atoms with van der Waals surface area (Å²) >= 11 is 0. The summed E-state index contributed by atoms with van der Waals surface area (Å²) < 4.78 is 7.07. The molecule has 7 nitrogen and oxygen atoms in total. The maximum Gasteiger partial charge on any atom is 0.255 e. The Morgan fingerprint density at radius 1 is 1.03 bits per heavy atom. The van der Waals surface area contributed by atoms with Crippen LogP contribution < -0.4 is 20.5 Å². The Balaban J connectivity index is 1.67. The first kappa shape index (κ1) is 20.7. The Kier molecular flexibility index (Phi) is 5.50. The SMILES string of the molecule is Cc1cc(C)cc(Nc2nc(C)cc(=O)n2CC(=O)N2CCOc3ccc(C)cc32)c1. The molecule has 2 aromatic carbocycles. The van der Waals surface area contributed by atoms with Gasteiger partial charge in [0.1, 0.15) is 18.9 Å². The van der Waals surface area contributed by atoms with E-state index >= 15 is 0 Å². The first-order valence-corrected chi connectivity index (χ1v) is 10.3. The lowest BCUT2D eigenvalue weighted by Gasteiger charge is -2.30. The second kappa shape index (κ2) is 8.26. The topological polar surface area (TPSA) is 76.5 Å². The fraction of sp³-hybridized carbons (Fsp3) is 0.292. The Morgan fingerprint density at radius 3 is 2.52 bits per heavy atom. The number of carbonyl (C=O) groups is 1. The van der Waals surface area contributed by atoms with E-state index < -0.39 is 0 Å². The summed E-state index contributed by atoms with van der Waals surface area (Å²) in [6, 6.07) is 13.2. The number of carbonyl (C=O) groups excluding carboxylic acids is 1. The highest BCUT2D eigenvalue weighted by molar-refractivity contribution is 5.95. The van der Waals surface area contributed by atoms with Gasteiger partial charge in [0.15, 0.2) is 0 Å². The van der Waals surface area contributed by atoms with Gasteiger partial charge in [-0.3, -0.25) is 14.2 Å². The maximum absolute atomic E-state index is 13.2. The van der Waals surface area contributed by atoms with Crippen LogP contribution in [0.2, 0.25) is 0 Å². The smallest absolute Gasteiger partial charge is 0.255 e. The van der Waals surface area contributed by atoms with Crippen molar-refractivity contribution in [3.63, 3.8) is 0 Å². The number of ether oxygens (including phenoxy) is 1. The number of nitrogens with zero attached hydrogens (tertiary/aromatic N) is 3. The summed E-state index contributed by atoms with van der Waals surface area (Å²) in [5, 5.41) is 3.23. The van der Waals surface area contributed by atoms with Crippen LogP contribution in [0.4, 0.5) is 17.3 Å². The van der Waals surface area contributed by atoms with Crippen LogP contribution >= 0.6 is 0 Å². The quantitative estimate of drug-likeness (QED) is 0.700. The molecule has 1 aliphatic heterocycles. The van der Waals surface area contributed by atoms with Gasteiger partial charge in [0.2, 0.25) is 11.9 Å². The van der Waals surface area contributed by atoms with Crippen LogP contribution in [0.3, 0.4) is 0 Å². The van der Waals surface area contributed by atoms with E-state index in [2.05, 4.69) is 16.4 Å². The Morgan fingerprint density at radius 2 is 1.77 bits per heavy atom. The van der Waals surface area contributed by atoms with Crippen LogP contribution in [-0.4, -0.2) is 28.6 Å². The molecule has 3 aromatic rings. The average molecular weight is 418 g/mol. The number of nitrogens with one attached hydrogen (secondary N) is 1. The number of hydrogen-bond acceptors (Lipinski definition) is 5. The zero-order chi connectivity index (χ0) is 22.1. The molecule has 1 N–H and O–H groups in total. The molecule has 7 heteroatoms. The fourth-order valence-corrected chi connectivity index (χ4v) is 3.85. The van der Waals surface area contributed by atoms with Gasteiger partial charge in [0.05, 0.1) is 12.2 Å². The third kappa shape index (κ3) is 4.45. The molecule has 160 valence electrons. The van der Waals surface area contributed by atoms with Crippen LogP contribution in [0.15, 0.2) is 47.3 Å². The number of benzene rings is 2. The number of anilines is 3. The van der Waals surface area contributed by atoms with Crippen LogP contribution in [-0.2, 0) is 11.3 Å². The lowest BCUT2D eigenvalue weighted by atomic mass is 10.1. The summed E-state index contributed by atoms with van der Waals surface area (Å²) in [4.78, 5) is 32.2. The van der Waals surface area contributed by atoms with E-state index in [1.165, 1.54) is 10.6 Å². The van der Waals surface area contributed by atoms with Gasteiger partial charge >= 0.3 is 0 Å². The van der Waals surface area contributed by atoms with Gasteiger partial charge in [-0.05, 0) is 68.7 Å². The molecule has 0 spiro atoms. The lowest BCUT2D eigenvalue weighted by molar-refractivity contribution is -0.119. The van der Waals surface area contributed by atoms with E-state index in [0.29, 0.717) is 30.5 Å². The molecule has 0 atom stereocenters. The van der Waals surface area contributed by atoms with Crippen molar-refractivity contribution in [2.24, 2.45) is 0 Å². The van der Waals surface area contributed by atoms with E-state index in [4.69, 9.17) is 4.74 Å². The van der Waals surface area contributed by atoms with Crippen LogP contribution in [0.5, 0.6) is 5.75 Å². The Labute approximate surface area is 181 Å². The van der Waals surface area contributed by atoms with Gasteiger partial charge < -0.3 is 15.0 Å². The van der Waals surface area contributed by atoms with E-state index in [1.807, 2.05) is 51.1 Å². The minimum Gasteiger partial charge on any atom is -0.490 e. The standard InChI is InChI=1S/C24H26N4O3/c1-15-5-6-21-20(12-15)27(7-8-31-21)23(30)14-28-22(29)13-18(4)25-24(28)26-19-10-16(2)9-17(3)11-19/h5-6,9-13H,7-8,14H2,1-4H3,(H,25,26). The molecule has 0 unspecified atom stereocenters. The van der Waals surface area contributed by atoms with Gasteiger partial charge in [-0.1, -0.05) is 12.1 Å². The molecule has 1 aromatic heterocycles. The molecule has 4 rings (SSSR count). The molecule has 1 aliphatic rings. The molecule has 0 bridgehead atoms. The van der Waals surface area contributed by atoms with E-state index in [-0.39, 0.29) is 18.0 Å². The summed E-state index contributed by atoms with van der Waals surface area (Å²) in [6.07, 6.45) is 0. The van der Waals surface area contributed by atoms with Crippen molar-refractivity contribution in [2.75, 3.05) is 23.4 Å². The summed E-state index contributed by atoms with van der Waals surface area (Å²) in [5.41, 5.74) is 5.10. The molecule has 31 heavy (non-hydrogen) atoms. The largest absolute Gasteiger partial charge is 0.490 e. The minimum atomic E-state index is -0.273. The molecule has 0 aliphatic carbocycles. The molecular formula is C24H26N4O3. The molecule has 0 saturated heterocycles. The number of hydrogen-bond donors (Lipinski definition) is 1. The fourth-order valence-electron chi connectivity index (χ4n) is 3.85. The summed E-state index contributed by atoms with van der Waals surface area (Å²) in [7, 11) is 0. The van der Waals surface area contributed by atoms with E-state index in [1.54, 1.807) is 11.8 Å². The zero-order valence-corrected chi connectivity index (χ0v) is 18.2. The van der Waals surface area contributed by atoms with E-state index in [0.717, 1.165) is 28.1 Å². The van der Waals surface area contributed by atoms with Crippen molar-refractivity contribution in [3.05, 3.63) is 75.2 Å². The third-order valence-corrected chi connectivity index (χ3v) is 5.19. The predicted molar refractivity (Wildman–Crippen MR) is 121 cm³/mol. The van der Waals surface area contributed by atoms with Gasteiger partial charge in [-0.2, -0.15) is 0 Å². The van der Waals surface area contributed by atoms with Gasteiger partial charge in [-0.15, -0.1) is 0 Å². The third-order valence-electron chi connectivity index (χ3n) is 5.19. The van der Waals surface area contributed by atoms with Crippen molar-refractivity contribution in [1.29, 1.82) is 0 Å². The molecule has 0 fully saturated rings. The van der Waals surface area contributed by atoms with Crippen molar-refractivity contribution in [3.8, 4) is 5.75 Å². The minimum absolute atomic E-state index is 0.118. The highest BCUT2D eigenvalue weighted by Gasteiger charge is 2.25. The van der Waals surface area contributed by atoms with Crippen molar-refractivity contribution in [2.45, 2.75) is 34.2 Å². The highest BCUT2D eigenvalue weighted by Crippen LogP contribution is 2.32. The number of fused-ring (bicyclic) bond motifs is 1. The average Bonchev–Trinajstić information content (AvgIpc) is 2.69. The summed E-state index contributed by atoms with van der Waals surface area (Å²) in [6.45, 7) is 8.48. The number of aromatic nitrogens is 2. The predicted octanol–water partition coefficient (Wildman–Crippen LogP) is 3.65.